The maximum atomic E-state index is 13.8. The summed E-state index contributed by atoms with van der Waals surface area (Å²) in [6.07, 6.45) is 3.91. The standard InChI is InChI=1S/C16H23FN2.ClH/c1-12-14(3-2-4-15(12)17)16(11-13-5-6-13)19-9-7-18-8-10-19;/h2-4,13,16,18H,5-11H2,1H3;1H/t16-;/m0./s1. The van der Waals surface area contributed by atoms with Gasteiger partial charge in [-0.1, -0.05) is 25.0 Å². The van der Waals surface area contributed by atoms with Crippen LogP contribution in [0.5, 0.6) is 0 Å². The summed E-state index contributed by atoms with van der Waals surface area (Å²) in [6.45, 7) is 6.18. The molecule has 1 saturated heterocycles. The molecule has 1 aliphatic heterocycles. The lowest BCUT2D eigenvalue weighted by molar-refractivity contribution is 0.159. The molecule has 20 heavy (non-hydrogen) atoms. The van der Waals surface area contributed by atoms with Gasteiger partial charge in [0.1, 0.15) is 5.82 Å². The minimum Gasteiger partial charge on any atom is -0.314 e. The zero-order valence-corrected chi connectivity index (χ0v) is 12.9. The molecule has 0 amide bonds. The molecule has 2 aliphatic rings. The number of nitrogens with one attached hydrogen (secondary N) is 1. The minimum absolute atomic E-state index is 0. The van der Waals surface area contributed by atoms with Gasteiger partial charge < -0.3 is 5.32 Å². The van der Waals surface area contributed by atoms with Gasteiger partial charge in [-0.2, -0.15) is 0 Å². The van der Waals surface area contributed by atoms with Crippen molar-refractivity contribution in [2.75, 3.05) is 26.2 Å². The molecular formula is C16H24ClFN2. The molecule has 2 nitrogen and oxygen atoms in total. The Kier molecular flexibility index (Phi) is 5.42. The fourth-order valence-electron chi connectivity index (χ4n) is 3.12. The number of nitrogens with zero attached hydrogens (tertiary/aromatic N) is 1. The van der Waals surface area contributed by atoms with Crippen molar-refractivity contribution in [1.82, 2.24) is 10.2 Å². The van der Waals surface area contributed by atoms with Gasteiger partial charge in [0.25, 0.3) is 0 Å². The van der Waals surface area contributed by atoms with Gasteiger partial charge in [-0.25, -0.2) is 4.39 Å². The quantitative estimate of drug-likeness (QED) is 0.917. The Hall–Kier alpha value is -0.640. The topological polar surface area (TPSA) is 15.3 Å². The van der Waals surface area contributed by atoms with Crippen LogP contribution >= 0.6 is 12.4 Å². The first-order chi connectivity index (χ1) is 9.25. The van der Waals surface area contributed by atoms with Crippen molar-refractivity contribution in [2.24, 2.45) is 5.92 Å². The van der Waals surface area contributed by atoms with E-state index >= 15 is 0 Å². The van der Waals surface area contributed by atoms with Crippen molar-refractivity contribution >= 4 is 12.4 Å². The summed E-state index contributed by atoms with van der Waals surface area (Å²) in [6, 6.07) is 5.96. The van der Waals surface area contributed by atoms with Crippen molar-refractivity contribution in [3.05, 3.63) is 35.1 Å². The molecular weight excluding hydrogens is 275 g/mol. The Bertz CT molecular complexity index is 442. The Balaban J connectivity index is 0.00000147. The number of hydrogen-bond donors (Lipinski definition) is 1. The van der Waals surface area contributed by atoms with E-state index < -0.39 is 0 Å². The summed E-state index contributed by atoms with van der Waals surface area (Å²) in [5.74, 6) is 0.802. The van der Waals surface area contributed by atoms with E-state index in [2.05, 4.69) is 16.3 Å². The van der Waals surface area contributed by atoms with Crippen LogP contribution in [0.4, 0.5) is 4.39 Å². The molecule has 1 heterocycles. The van der Waals surface area contributed by atoms with Crippen LogP contribution in [0.1, 0.15) is 36.4 Å². The molecule has 0 unspecified atom stereocenters. The summed E-state index contributed by atoms with van der Waals surface area (Å²) in [7, 11) is 0. The van der Waals surface area contributed by atoms with E-state index in [4.69, 9.17) is 0 Å². The highest BCUT2D eigenvalue weighted by Gasteiger charge is 2.31. The fourth-order valence-corrected chi connectivity index (χ4v) is 3.12. The molecule has 1 aromatic carbocycles. The predicted octanol–water partition coefficient (Wildman–Crippen LogP) is 3.30. The third kappa shape index (κ3) is 3.51. The molecule has 0 aromatic heterocycles. The van der Waals surface area contributed by atoms with Gasteiger partial charge in [0, 0.05) is 32.2 Å². The van der Waals surface area contributed by atoms with Crippen LogP contribution in [0.2, 0.25) is 0 Å². The third-order valence-electron chi connectivity index (χ3n) is 4.51. The van der Waals surface area contributed by atoms with Gasteiger partial charge in [0.15, 0.2) is 0 Å². The first kappa shape index (κ1) is 15.7. The van der Waals surface area contributed by atoms with Crippen LogP contribution in [0.3, 0.4) is 0 Å². The van der Waals surface area contributed by atoms with Crippen LogP contribution < -0.4 is 5.32 Å². The largest absolute Gasteiger partial charge is 0.314 e. The molecule has 0 radical (unpaired) electrons. The number of piperazine rings is 1. The van der Waals surface area contributed by atoms with Crippen molar-refractivity contribution in [1.29, 1.82) is 0 Å². The first-order valence-corrected chi connectivity index (χ1v) is 7.45. The third-order valence-corrected chi connectivity index (χ3v) is 4.51. The Morgan fingerprint density at radius 1 is 1.30 bits per heavy atom. The van der Waals surface area contributed by atoms with Gasteiger partial charge in [-0.15, -0.1) is 12.4 Å². The second-order valence-electron chi connectivity index (χ2n) is 5.93. The molecule has 3 rings (SSSR count). The highest BCUT2D eigenvalue weighted by atomic mass is 35.5. The van der Waals surface area contributed by atoms with Crippen LogP contribution in [-0.2, 0) is 0 Å². The second-order valence-corrected chi connectivity index (χ2v) is 5.93. The molecule has 112 valence electrons. The fraction of sp³-hybridized carbons (Fsp3) is 0.625. The average molecular weight is 299 g/mol. The van der Waals surface area contributed by atoms with E-state index in [0.717, 1.165) is 37.7 Å². The average Bonchev–Trinajstić information content (AvgIpc) is 3.25. The van der Waals surface area contributed by atoms with E-state index in [1.165, 1.54) is 24.8 Å². The highest BCUT2D eigenvalue weighted by molar-refractivity contribution is 5.85. The van der Waals surface area contributed by atoms with Crippen molar-refractivity contribution in [3.8, 4) is 0 Å². The van der Waals surface area contributed by atoms with Crippen LogP contribution in [0, 0.1) is 18.7 Å². The maximum Gasteiger partial charge on any atom is 0.126 e. The van der Waals surface area contributed by atoms with Gasteiger partial charge >= 0.3 is 0 Å². The molecule has 1 aliphatic carbocycles. The van der Waals surface area contributed by atoms with E-state index in [1.807, 2.05) is 13.0 Å². The first-order valence-electron chi connectivity index (χ1n) is 7.45. The normalized spacial score (nSPS) is 21.3. The summed E-state index contributed by atoms with van der Waals surface area (Å²) in [5.41, 5.74) is 2.04. The highest BCUT2D eigenvalue weighted by Crippen LogP contribution is 2.41. The molecule has 1 aromatic rings. The van der Waals surface area contributed by atoms with E-state index in [9.17, 15) is 4.39 Å². The number of halogens is 2. The second kappa shape index (κ2) is 6.88. The zero-order valence-electron chi connectivity index (χ0n) is 12.1. The van der Waals surface area contributed by atoms with Gasteiger partial charge in [0.2, 0.25) is 0 Å². The lowest BCUT2D eigenvalue weighted by Crippen LogP contribution is -2.45. The van der Waals surface area contributed by atoms with E-state index in [0.29, 0.717) is 6.04 Å². The van der Waals surface area contributed by atoms with Gasteiger partial charge in [-0.05, 0) is 36.5 Å². The van der Waals surface area contributed by atoms with Crippen molar-refractivity contribution in [2.45, 2.75) is 32.2 Å². The monoisotopic (exact) mass is 298 g/mol. The summed E-state index contributed by atoms with van der Waals surface area (Å²) < 4.78 is 13.8. The summed E-state index contributed by atoms with van der Waals surface area (Å²) >= 11 is 0. The number of hydrogen-bond acceptors (Lipinski definition) is 2. The Labute approximate surface area is 127 Å². The Morgan fingerprint density at radius 3 is 2.65 bits per heavy atom. The molecule has 0 bridgehead atoms. The smallest absolute Gasteiger partial charge is 0.126 e. The molecule has 4 heteroatoms. The van der Waals surface area contributed by atoms with E-state index in [-0.39, 0.29) is 18.2 Å². The number of rotatable bonds is 4. The lowest BCUT2D eigenvalue weighted by Gasteiger charge is -2.36. The zero-order chi connectivity index (χ0) is 13.2. The van der Waals surface area contributed by atoms with Crippen LogP contribution in [0.25, 0.3) is 0 Å². The molecule has 2 fully saturated rings. The van der Waals surface area contributed by atoms with Gasteiger partial charge in [0.05, 0.1) is 0 Å². The van der Waals surface area contributed by atoms with Gasteiger partial charge in [-0.3, -0.25) is 4.90 Å². The molecule has 1 atom stereocenters. The SMILES string of the molecule is Cc1c(F)cccc1[C@H](CC1CC1)N1CCNCC1.Cl. The molecule has 1 saturated carbocycles. The summed E-state index contributed by atoms with van der Waals surface area (Å²) in [4.78, 5) is 2.54. The molecule has 0 spiro atoms. The van der Waals surface area contributed by atoms with Crippen molar-refractivity contribution in [3.63, 3.8) is 0 Å². The van der Waals surface area contributed by atoms with Crippen molar-refractivity contribution < 1.29 is 4.39 Å². The van der Waals surface area contributed by atoms with E-state index in [1.54, 1.807) is 6.07 Å². The Morgan fingerprint density at radius 2 is 2.00 bits per heavy atom. The maximum absolute atomic E-state index is 13.8. The summed E-state index contributed by atoms with van der Waals surface area (Å²) in [5, 5.41) is 3.40. The lowest BCUT2D eigenvalue weighted by atomic mass is 9.94. The van der Waals surface area contributed by atoms with Crippen LogP contribution in [0.15, 0.2) is 18.2 Å². The minimum atomic E-state index is -0.0616. The molecule has 1 N–H and O–H groups in total. The van der Waals surface area contributed by atoms with Crippen LogP contribution in [-0.4, -0.2) is 31.1 Å². The predicted molar refractivity (Wildman–Crippen MR) is 82.9 cm³/mol. The number of benzene rings is 1.